The largest absolute Gasteiger partial charge is 0.346 e. The molecule has 0 bridgehead atoms. The first-order valence-corrected chi connectivity index (χ1v) is 6.89. The highest BCUT2D eigenvalue weighted by atomic mass is 16.2. The third kappa shape index (κ3) is 2.50. The summed E-state index contributed by atoms with van der Waals surface area (Å²) in [7, 11) is 0. The van der Waals surface area contributed by atoms with Gasteiger partial charge in [0.25, 0.3) is 0 Å². The van der Waals surface area contributed by atoms with Crippen LogP contribution in [0.3, 0.4) is 0 Å². The Morgan fingerprint density at radius 1 is 1.29 bits per heavy atom. The summed E-state index contributed by atoms with van der Waals surface area (Å²) in [5.41, 5.74) is 0.764. The van der Waals surface area contributed by atoms with Crippen LogP contribution in [0.15, 0.2) is 29.1 Å². The summed E-state index contributed by atoms with van der Waals surface area (Å²) in [6.45, 7) is 0.615. The fourth-order valence-corrected chi connectivity index (χ4v) is 2.51. The van der Waals surface area contributed by atoms with Crippen molar-refractivity contribution in [1.82, 2.24) is 14.3 Å². The average molecular weight is 282 g/mol. The van der Waals surface area contributed by atoms with Gasteiger partial charge in [-0.15, -0.1) is 0 Å². The highest BCUT2D eigenvalue weighted by molar-refractivity contribution is 5.95. The van der Waals surface area contributed by atoms with E-state index in [2.05, 4.69) is 5.10 Å². The Hall–Kier alpha value is -2.68. The van der Waals surface area contributed by atoms with Crippen molar-refractivity contribution in [3.8, 4) is 6.07 Å². The second kappa shape index (κ2) is 5.37. The molecule has 0 aliphatic carbocycles. The molecule has 21 heavy (non-hydrogen) atoms. The second-order valence-electron chi connectivity index (χ2n) is 5.08. The fourth-order valence-electron chi connectivity index (χ4n) is 2.51. The minimum Gasteiger partial charge on any atom is -0.292 e. The second-order valence-corrected chi connectivity index (χ2v) is 5.08. The molecule has 0 radical (unpaired) electrons. The lowest BCUT2D eigenvalue weighted by Crippen LogP contribution is -2.29. The number of Topliss-reactive ketones (excluding diaryl/α,β-unsaturated/α-hetero) is 1. The van der Waals surface area contributed by atoms with Crippen LogP contribution in [0.1, 0.15) is 34.6 Å². The van der Waals surface area contributed by atoms with E-state index < -0.39 is 0 Å². The number of hydrogen-bond donors (Lipinski definition) is 0. The number of nitriles is 1. The van der Waals surface area contributed by atoms with Gasteiger partial charge in [0.05, 0.1) is 11.6 Å². The minimum atomic E-state index is -0.216. The number of nitrogens with zero attached hydrogens (tertiary/aromatic N) is 4. The Bertz CT molecular complexity index is 777. The van der Waals surface area contributed by atoms with Gasteiger partial charge in [-0.3, -0.25) is 9.36 Å². The quantitative estimate of drug-likeness (QED) is 0.790. The Morgan fingerprint density at radius 3 is 2.71 bits per heavy atom. The van der Waals surface area contributed by atoms with E-state index in [9.17, 15) is 9.59 Å². The van der Waals surface area contributed by atoms with Crippen LogP contribution in [0.25, 0.3) is 0 Å². The average Bonchev–Trinajstić information content (AvgIpc) is 2.84. The third-order valence-electron chi connectivity index (χ3n) is 3.66. The van der Waals surface area contributed by atoms with E-state index in [-0.39, 0.29) is 18.0 Å². The Morgan fingerprint density at radius 2 is 2.05 bits per heavy atom. The number of carbonyl (C=O) groups is 1. The summed E-state index contributed by atoms with van der Waals surface area (Å²) in [5, 5.41) is 13.0. The highest BCUT2D eigenvalue weighted by Gasteiger charge is 2.18. The molecule has 0 unspecified atom stereocenters. The molecule has 6 nitrogen and oxygen atoms in total. The lowest BCUT2D eigenvalue weighted by Gasteiger charge is -2.09. The Kier molecular flexibility index (Phi) is 3.40. The summed E-state index contributed by atoms with van der Waals surface area (Å²) in [6, 6.07) is 8.38. The van der Waals surface area contributed by atoms with Gasteiger partial charge < -0.3 is 0 Å². The Labute approximate surface area is 121 Å². The molecule has 1 aromatic heterocycles. The van der Waals surface area contributed by atoms with Crippen LogP contribution in [-0.2, 0) is 19.5 Å². The molecule has 0 fully saturated rings. The number of hydrogen-bond acceptors (Lipinski definition) is 4. The molecule has 0 amide bonds. The molecule has 0 atom stereocenters. The Balaban J connectivity index is 1.83. The van der Waals surface area contributed by atoms with E-state index >= 15 is 0 Å². The van der Waals surface area contributed by atoms with Crippen molar-refractivity contribution >= 4 is 5.78 Å². The van der Waals surface area contributed by atoms with Gasteiger partial charge in [-0.2, -0.15) is 10.4 Å². The maximum absolute atomic E-state index is 12.2. The van der Waals surface area contributed by atoms with Gasteiger partial charge in [-0.05, 0) is 25.0 Å². The molecule has 2 heterocycles. The molecule has 106 valence electrons. The molecule has 6 heteroatoms. The van der Waals surface area contributed by atoms with Crippen LogP contribution in [-0.4, -0.2) is 20.1 Å². The first kappa shape index (κ1) is 13.3. The van der Waals surface area contributed by atoms with Gasteiger partial charge in [-0.1, -0.05) is 12.1 Å². The molecule has 1 aliphatic rings. The molecule has 0 spiro atoms. The number of carbonyl (C=O) groups excluding carboxylic acids is 1. The summed E-state index contributed by atoms with van der Waals surface area (Å²) in [4.78, 5) is 24.3. The maximum atomic E-state index is 12.2. The monoisotopic (exact) mass is 282 g/mol. The lowest BCUT2D eigenvalue weighted by atomic mass is 10.1. The van der Waals surface area contributed by atoms with Crippen molar-refractivity contribution in [1.29, 1.82) is 5.26 Å². The molecule has 1 aromatic carbocycles. The van der Waals surface area contributed by atoms with Crippen LogP contribution in [0.2, 0.25) is 0 Å². The summed E-state index contributed by atoms with van der Waals surface area (Å²) in [6.07, 6.45) is 2.79. The van der Waals surface area contributed by atoms with Gasteiger partial charge >= 0.3 is 5.69 Å². The van der Waals surface area contributed by atoms with Gasteiger partial charge in [-0.25, -0.2) is 9.48 Å². The number of aryl methyl sites for hydroxylation is 1. The van der Waals surface area contributed by atoms with E-state index in [1.807, 2.05) is 6.07 Å². The molecule has 3 rings (SSSR count). The fraction of sp³-hybridized carbons (Fsp3) is 0.333. The van der Waals surface area contributed by atoms with Crippen LogP contribution in [0.5, 0.6) is 0 Å². The molecular weight excluding hydrogens is 268 g/mol. The molecular formula is C15H14N4O2. The van der Waals surface area contributed by atoms with Crippen molar-refractivity contribution < 1.29 is 4.79 Å². The molecule has 1 aliphatic heterocycles. The number of aromatic nitrogens is 3. The van der Waals surface area contributed by atoms with E-state index in [4.69, 9.17) is 5.26 Å². The van der Waals surface area contributed by atoms with Crippen molar-refractivity contribution in [2.75, 3.05) is 0 Å². The number of fused-ring (bicyclic) bond motifs is 1. The van der Waals surface area contributed by atoms with Crippen LogP contribution < -0.4 is 5.69 Å². The van der Waals surface area contributed by atoms with Crippen LogP contribution in [0.4, 0.5) is 0 Å². The summed E-state index contributed by atoms with van der Waals surface area (Å²) >= 11 is 0. The molecule has 0 N–H and O–H groups in total. The zero-order valence-electron chi connectivity index (χ0n) is 11.5. The SMILES string of the molecule is N#Cc1ccc(C(=O)Cn2nc3n(c2=O)CCCC3)cc1. The predicted molar refractivity (Wildman–Crippen MR) is 74.9 cm³/mol. The smallest absolute Gasteiger partial charge is 0.292 e. The van der Waals surface area contributed by atoms with E-state index in [0.717, 1.165) is 25.1 Å². The zero-order valence-corrected chi connectivity index (χ0v) is 11.5. The van der Waals surface area contributed by atoms with Crippen molar-refractivity contribution in [3.63, 3.8) is 0 Å². The van der Waals surface area contributed by atoms with Gasteiger partial charge in [0.15, 0.2) is 5.78 Å². The van der Waals surface area contributed by atoms with E-state index in [1.165, 1.54) is 4.68 Å². The number of ketones is 1. The van der Waals surface area contributed by atoms with Gasteiger partial charge in [0, 0.05) is 18.5 Å². The van der Waals surface area contributed by atoms with Crippen molar-refractivity contribution in [2.45, 2.75) is 32.4 Å². The predicted octanol–water partition coefficient (Wildman–Crippen LogP) is 1.14. The van der Waals surface area contributed by atoms with E-state index in [1.54, 1.807) is 28.8 Å². The van der Waals surface area contributed by atoms with Gasteiger partial charge in [0.2, 0.25) is 0 Å². The topological polar surface area (TPSA) is 80.7 Å². The maximum Gasteiger partial charge on any atom is 0.346 e. The van der Waals surface area contributed by atoms with Crippen molar-refractivity contribution in [3.05, 3.63) is 51.7 Å². The van der Waals surface area contributed by atoms with Gasteiger partial charge in [0.1, 0.15) is 12.4 Å². The first-order chi connectivity index (χ1) is 10.2. The van der Waals surface area contributed by atoms with Crippen LogP contribution in [0, 0.1) is 11.3 Å². The lowest BCUT2D eigenvalue weighted by molar-refractivity contribution is 0.0966. The molecule has 0 saturated carbocycles. The number of rotatable bonds is 3. The number of benzene rings is 1. The standard InChI is InChI=1S/C15H14N4O2/c16-9-11-4-6-12(7-5-11)13(20)10-19-15(21)18-8-2-1-3-14(18)17-19/h4-7H,1-3,8,10H2. The molecule has 0 saturated heterocycles. The first-order valence-electron chi connectivity index (χ1n) is 6.89. The minimum absolute atomic E-state index is 0.0647. The molecule has 2 aromatic rings. The van der Waals surface area contributed by atoms with Crippen molar-refractivity contribution in [2.24, 2.45) is 0 Å². The third-order valence-corrected chi connectivity index (χ3v) is 3.66. The van der Waals surface area contributed by atoms with E-state index in [0.29, 0.717) is 17.7 Å². The van der Waals surface area contributed by atoms with Crippen LogP contribution >= 0.6 is 0 Å². The zero-order chi connectivity index (χ0) is 14.8. The highest BCUT2D eigenvalue weighted by Crippen LogP contribution is 2.10. The normalized spacial score (nSPS) is 13.5. The summed E-state index contributed by atoms with van der Waals surface area (Å²) < 4.78 is 2.89. The summed E-state index contributed by atoms with van der Waals surface area (Å²) in [5.74, 6) is 0.580.